The van der Waals surface area contributed by atoms with Crippen molar-refractivity contribution < 1.29 is 14.3 Å². The number of nitrogens with one attached hydrogen (secondary N) is 2. The second-order valence-electron chi connectivity index (χ2n) is 7.67. The van der Waals surface area contributed by atoms with Gasteiger partial charge in [-0.2, -0.15) is 10.4 Å². The summed E-state index contributed by atoms with van der Waals surface area (Å²) in [6.45, 7) is 3.28. The van der Waals surface area contributed by atoms with Crippen molar-refractivity contribution in [3.8, 4) is 11.8 Å². The van der Waals surface area contributed by atoms with Gasteiger partial charge in [-0.3, -0.25) is 14.3 Å². The van der Waals surface area contributed by atoms with Crippen LogP contribution in [0.1, 0.15) is 17.5 Å². The summed E-state index contributed by atoms with van der Waals surface area (Å²) in [6, 6.07) is 13.1. The average molecular weight is 462 g/mol. The third kappa shape index (κ3) is 7.63. The van der Waals surface area contributed by atoms with Crippen LogP contribution in [0.25, 0.3) is 0 Å². The Balaban J connectivity index is 1.36. The van der Waals surface area contributed by atoms with E-state index in [-0.39, 0.29) is 24.8 Å². The zero-order valence-electron chi connectivity index (χ0n) is 19.2. The van der Waals surface area contributed by atoms with Crippen molar-refractivity contribution in [3.05, 3.63) is 66.1 Å². The fraction of sp³-hybridized carbons (Fsp3) is 0.292. The van der Waals surface area contributed by atoms with Crippen LogP contribution in [0.3, 0.4) is 0 Å². The summed E-state index contributed by atoms with van der Waals surface area (Å²) in [5.74, 6) is 1.04. The van der Waals surface area contributed by atoms with E-state index in [2.05, 4.69) is 20.7 Å². The predicted molar refractivity (Wildman–Crippen MR) is 127 cm³/mol. The van der Waals surface area contributed by atoms with Crippen LogP contribution in [0, 0.1) is 18.3 Å². The molecule has 0 aliphatic rings. The standard InChI is InChI=1S/C24H27N7O3/c1-18-3-6-21(7-4-18)34-12-11-30(2)24(33)17-31-16-20(15-28-31)29-23(32)9-10-26-22-8-5-19(13-25)14-27-22/h3-8,14-16H,9-12,17H2,1-2H3,(H,26,27)(H,29,32). The number of amides is 2. The summed E-state index contributed by atoms with van der Waals surface area (Å²) in [6.07, 6.45) is 4.80. The molecule has 3 aromatic rings. The van der Waals surface area contributed by atoms with Crippen molar-refractivity contribution in [1.82, 2.24) is 19.7 Å². The summed E-state index contributed by atoms with van der Waals surface area (Å²) in [7, 11) is 1.71. The second kappa shape index (κ2) is 12.0. The zero-order chi connectivity index (χ0) is 24.3. The number of aryl methyl sites for hydroxylation is 1. The summed E-state index contributed by atoms with van der Waals surface area (Å²) in [5.41, 5.74) is 2.15. The van der Waals surface area contributed by atoms with Gasteiger partial charge < -0.3 is 20.3 Å². The summed E-state index contributed by atoms with van der Waals surface area (Å²) < 4.78 is 7.15. The van der Waals surface area contributed by atoms with Crippen LogP contribution in [-0.2, 0) is 16.1 Å². The van der Waals surface area contributed by atoms with Crippen molar-refractivity contribution in [2.45, 2.75) is 19.9 Å². The Labute approximate surface area is 198 Å². The maximum absolute atomic E-state index is 12.4. The largest absolute Gasteiger partial charge is 0.492 e. The number of pyridine rings is 1. The predicted octanol–water partition coefficient (Wildman–Crippen LogP) is 2.44. The molecule has 1 aromatic carbocycles. The first-order chi connectivity index (χ1) is 16.4. The number of ether oxygens (including phenoxy) is 1. The third-order valence-electron chi connectivity index (χ3n) is 4.91. The maximum atomic E-state index is 12.4. The zero-order valence-corrected chi connectivity index (χ0v) is 19.2. The Hall–Kier alpha value is -4.39. The quantitative estimate of drug-likeness (QED) is 0.449. The fourth-order valence-corrected chi connectivity index (χ4v) is 2.93. The number of anilines is 2. The van der Waals surface area contributed by atoms with Crippen LogP contribution in [-0.4, -0.2) is 58.2 Å². The Bertz CT molecular complexity index is 1130. The third-order valence-corrected chi connectivity index (χ3v) is 4.91. The minimum atomic E-state index is -0.197. The molecule has 0 fully saturated rings. The number of rotatable bonds is 11. The van der Waals surface area contributed by atoms with Gasteiger partial charge >= 0.3 is 0 Å². The molecule has 2 aromatic heterocycles. The van der Waals surface area contributed by atoms with Crippen LogP contribution in [0.4, 0.5) is 11.5 Å². The topological polar surface area (TPSA) is 125 Å². The van der Waals surface area contributed by atoms with Crippen molar-refractivity contribution in [2.24, 2.45) is 0 Å². The number of carbonyl (C=O) groups excluding carboxylic acids is 2. The van der Waals surface area contributed by atoms with Gasteiger partial charge in [0.05, 0.1) is 24.0 Å². The van der Waals surface area contributed by atoms with Crippen LogP contribution >= 0.6 is 0 Å². The normalized spacial score (nSPS) is 10.3. The summed E-state index contributed by atoms with van der Waals surface area (Å²) in [5, 5.41) is 18.7. The number of carbonyl (C=O) groups is 2. The molecular weight excluding hydrogens is 434 g/mol. The van der Waals surface area contributed by atoms with E-state index in [9.17, 15) is 9.59 Å². The first-order valence-corrected chi connectivity index (χ1v) is 10.8. The van der Waals surface area contributed by atoms with Crippen LogP contribution < -0.4 is 15.4 Å². The molecule has 0 bridgehead atoms. The number of benzene rings is 1. The highest BCUT2D eigenvalue weighted by Gasteiger charge is 2.12. The summed E-state index contributed by atoms with van der Waals surface area (Å²) >= 11 is 0. The van der Waals surface area contributed by atoms with E-state index in [4.69, 9.17) is 10.00 Å². The molecule has 2 N–H and O–H groups in total. The molecule has 10 nitrogen and oxygen atoms in total. The first kappa shape index (κ1) is 24.3. The summed E-state index contributed by atoms with van der Waals surface area (Å²) in [4.78, 5) is 30.3. The average Bonchev–Trinajstić information content (AvgIpc) is 3.27. The molecular formula is C24H27N7O3. The molecule has 0 saturated carbocycles. The molecule has 0 aliphatic carbocycles. The monoisotopic (exact) mass is 461 g/mol. The Morgan fingerprint density at radius 1 is 1.18 bits per heavy atom. The Kier molecular flexibility index (Phi) is 8.57. The molecule has 0 unspecified atom stereocenters. The molecule has 10 heteroatoms. The molecule has 2 heterocycles. The van der Waals surface area contributed by atoms with Crippen LogP contribution in [0.15, 0.2) is 55.0 Å². The molecule has 34 heavy (non-hydrogen) atoms. The van der Waals surface area contributed by atoms with Gasteiger partial charge in [0.1, 0.15) is 30.8 Å². The highest BCUT2D eigenvalue weighted by Crippen LogP contribution is 2.11. The molecule has 176 valence electrons. The van der Waals surface area contributed by atoms with E-state index in [0.717, 1.165) is 11.3 Å². The lowest BCUT2D eigenvalue weighted by Crippen LogP contribution is -2.33. The fourth-order valence-electron chi connectivity index (χ4n) is 2.93. The van der Waals surface area contributed by atoms with Gasteiger partial charge in [-0.1, -0.05) is 17.7 Å². The first-order valence-electron chi connectivity index (χ1n) is 10.8. The molecule has 0 aliphatic heterocycles. The van der Waals surface area contributed by atoms with E-state index in [1.807, 2.05) is 37.3 Å². The Morgan fingerprint density at radius 2 is 1.97 bits per heavy atom. The van der Waals surface area contributed by atoms with E-state index in [1.54, 1.807) is 30.3 Å². The van der Waals surface area contributed by atoms with Gasteiger partial charge in [0, 0.05) is 32.4 Å². The number of likely N-dealkylation sites (N-methyl/N-ethyl adjacent to an activating group) is 1. The molecule has 0 radical (unpaired) electrons. The molecule has 0 spiro atoms. The number of nitrogens with zero attached hydrogens (tertiary/aromatic N) is 5. The minimum Gasteiger partial charge on any atom is -0.492 e. The maximum Gasteiger partial charge on any atom is 0.244 e. The van der Waals surface area contributed by atoms with Crippen LogP contribution in [0.5, 0.6) is 5.75 Å². The van der Waals surface area contributed by atoms with Gasteiger partial charge in [-0.15, -0.1) is 0 Å². The Morgan fingerprint density at radius 3 is 2.68 bits per heavy atom. The van der Waals surface area contributed by atoms with Crippen molar-refractivity contribution in [2.75, 3.05) is 37.4 Å². The molecule has 2 amide bonds. The lowest BCUT2D eigenvalue weighted by molar-refractivity contribution is -0.131. The minimum absolute atomic E-state index is 0.0584. The number of aromatic nitrogens is 3. The molecule has 0 atom stereocenters. The lowest BCUT2D eigenvalue weighted by atomic mass is 10.2. The van der Waals surface area contributed by atoms with E-state index in [0.29, 0.717) is 36.8 Å². The van der Waals surface area contributed by atoms with Gasteiger partial charge in [-0.25, -0.2) is 4.98 Å². The molecule has 0 saturated heterocycles. The highest BCUT2D eigenvalue weighted by atomic mass is 16.5. The number of nitriles is 1. The molecule has 3 rings (SSSR count). The number of hydrogen-bond acceptors (Lipinski definition) is 7. The second-order valence-corrected chi connectivity index (χ2v) is 7.67. The smallest absolute Gasteiger partial charge is 0.244 e. The van der Waals surface area contributed by atoms with Crippen molar-refractivity contribution in [1.29, 1.82) is 5.26 Å². The van der Waals surface area contributed by atoms with Gasteiger partial charge in [0.15, 0.2) is 0 Å². The van der Waals surface area contributed by atoms with Gasteiger partial charge in [0.2, 0.25) is 11.8 Å². The SMILES string of the molecule is Cc1ccc(OCCN(C)C(=O)Cn2cc(NC(=O)CCNc3ccc(C#N)cn3)cn2)cc1. The van der Waals surface area contributed by atoms with E-state index >= 15 is 0 Å². The number of hydrogen-bond donors (Lipinski definition) is 2. The van der Waals surface area contributed by atoms with E-state index < -0.39 is 0 Å². The van der Waals surface area contributed by atoms with Gasteiger partial charge in [0.25, 0.3) is 0 Å². The van der Waals surface area contributed by atoms with Crippen molar-refractivity contribution in [3.63, 3.8) is 0 Å². The highest BCUT2D eigenvalue weighted by molar-refractivity contribution is 5.90. The van der Waals surface area contributed by atoms with Crippen LogP contribution in [0.2, 0.25) is 0 Å². The lowest BCUT2D eigenvalue weighted by Gasteiger charge is -2.17. The van der Waals surface area contributed by atoms with Gasteiger partial charge in [-0.05, 0) is 31.2 Å². The van der Waals surface area contributed by atoms with E-state index in [1.165, 1.54) is 17.1 Å². The van der Waals surface area contributed by atoms with Crippen molar-refractivity contribution >= 4 is 23.3 Å².